The predicted octanol–water partition coefficient (Wildman–Crippen LogP) is 2.62. The van der Waals surface area contributed by atoms with E-state index in [1.165, 1.54) is 24.1 Å². The van der Waals surface area contributed by atoms with Crippen LogP contribution >= 0.6 is 0 Å². The summed E-state index contributed by atoms with van der Waals surface area (Å²) >= 11 is 0. The standard InChI is InChI=1S/C14H17FN2/c15-10-5-6-14-12(9-10)11-3-1-2-4-13(11)17(14)8-7-16/h5-6,9H,1-4,7-8,16H2. The lowest BCUT2D eigenvalue weighted by molar-refractivity contribution is 0.617. The van der Waals surface area contributed by atoms with Crippen molar-refractivity contribution in [1.82, 2.24) is 4.57 Å². The molecule has 0 bridgehead atoms. The van der Waals surface area contributed by atoms with Gasteiger partial charge < -0.3 is 10.3 Å². The average molecular weight is 232 g/mol. The zero-order chi connectivity index (χ0) is 11.8. The van der Waals surface area contributed by atoms with Crippen molar-refractivity contribution in [3.05, 3.63) is 35.3 Å². The molecule has 1 aliphatic carbocycles. The van der Waals surface area contributed by atoms with Gasteiger partial charge in [-0.1, -0.05) is 0 Å². The normalized spacial score (nSPS) is 15.2. The summed E-state index contributed by atoms with van der Waals surface area (Å²) in [5, 5.41) is 1.09. The topological polar surface area (TPSA) is 30.9 Å². The van der Waals surface area contributed by atoms with Gasteiger partial charge in [0.05, 0.1) is 0 Å². The molecular formula is C14H17FN2. The number of nitrogens with two attached hydrogens (primary N) is 1. The number of halogens is 1. The maximum atomic E-state index is 13.4. The fourth-order valence-corrected chi connectivity index (χ4v) is 2.99. The number of fused-ring (bicyclic) bond motifs is 3. The molecule has 0 amide bonds. The first kappa shape index (κ1) is 10.8. The second kappa shape index (κ2) is 4.15. The van der Waals surface area contributed by atoms with Crippen LogP contribution in [0.2, 0.25) is 0 Å². The number of nitrogens with zero attached hydrogens (tertiary/aromatic N) is 1. The molecular weight excluding hydrogens is 215 g/mol. The van der Waals surface area contributed by atoms with E-state index in [2.05, 4.69) is 4.57 Å². The highest BCUT2D eigenvalue weighted by molar-refractivity contribution is 5.86. The van der Waals surface area contributed by atoms with Crippen LogP contribution in [0.4, 0.5) is 4.39 Å². The highest BCUT2D eigenvalue weighted by Crippen LogP contribution is 2.32. The van der Waals surface area contributed by atoms with Crippen molar-refractivity contribution in [3.63, 3.8) is 0 Å². The van der Waals surface area contributed by atoms with Crippen LogP contribution in [0.25, 0.3) is 10.9 Å². The van der Waals surface area contributed by atoms with Crippen molar-refractivity contribution in [2.24, 2.45) is 5.73 Å². The van der Waals surface area contributed by atoms with Gasteiger partial charge in [-0.3, -0.25) is 0 Å². The molecule has 2 aromatic rings. The van der Waals surface area contributed by atoms with E-state index in [0.717, 1.165) is 30.3 Å². The third-order valence-electron chi connectivity index (χ3n) is 3.69. The molecule has 0 atom stereocenters. The van der Waals surface area contributed by atoms with Gasteiger partial charge in [0.1, 0.15) is 5.82 Å². The highest BCUT2D eigenvalue weighted by Gasteiger charge is 2.19. The van der Waals surface area contributed by atoms with Crippen molar-refractivity contribution in [1.29, 1.82) is 0 Å². The van der Waals surface area contributed by atoms with E-state index >= 15 is 0 Å². The highest BCUT2D eigenvalue weighted by atomic mass is 19.1. The minimum atomic E-state index is -0.143. The first-order chi connectivity index (χ1) is 8.31. The van der Waals surface area contributed by atoms with Crippen LogP contribution in [0.5, 0.6) is 0 Å². The summed E-state index contributed by atoms with van der Waals surface area (Å²) in [5.41, 5.74) is 9.54. The van der Waals surface area contributed by atoms with E-state index in [1.54, 1.807) is 12.1 Å². The Bertz CT molecular complexity index is 557. The zero-order valence-corrected chi connectivity index (χ0v) is 9.88. The number of benzene rings is 1. The minimum absolute atomic E-state index is 0.143. The summed E-state index contributed by atoms with van der Waals surface area (Å²) in [6.45, 7) is 1.46. The molecule has 2 nitrogen and oxygen atoms in total. The first-order valence-electron chi connectivity index (χ1n) is 6.31. The van der Waals surface area contributed by atoms with Gasteiger partial charge in [0, 0.05) is 29.7 Å². The van der Waals surface area contributed by atoms with Crippen molar-refractivity contribution in [3.8, 4) is 0 Å². The number of rotatable bonds is 2. The van der Waals surface area contributed by atoms with Gasteiger partial charge in [-0.2, -0.15) is 0 Å². The smallest absolute Gasteiger partial charge is 0.123 e. The largest absolute Gasteiger partial charge is 0.343 e. The number of hydrogen-bond acceptors (Lipinski definition) is 1. The van der Waals surface area contributed by atoms with E-state index in [0.29, 0.717) is 6.54 Å². The van der Waals surface area contributed by atoms with E-state index in [4.69, 9.17) is 5.73 Å². The Kier molecular flexibility index (Phi) is 2.63. The Morgan fingerprint density at radius 2 is 2.06 bits per heavy atom. The molecule has 0 spiro atoms. The monoisotopic (exact) mass is 232 g/mol. The second-order valence-corrected chi connectivity index (χ2v) is 4.73. The molecule has 3 rings (SSSR count). The Morgan fingerprint density at radius 3 is 2.88 bits per heavy atom. The SMILES string of the molecule is NCCn1c2c(c3cc(F)ccc31)CCCC2. The van der Waals surface area contributed by atoms with Gasteiger partial charge in [0.15, 0.2) is 0 Å². The van der Waals surface area contributed by atoms with Crippen LogP contribution in [0, 0.1) is 5.82 Å². The Labute approximate surface area is 100 Å². The summed E-state index contributed by atoms with van der Waals surface area (Å²) in [6.07, 6.45) is 4.63. The van der Waals surface area contributed by atoms with Gasteiger partial charge in [-0.05, 0) is 49.4 Å². The lowest BCUT2D eigenvalue weighted by Crippen LogP contribution is -2.14. The van der Waals surface area contributed by atoms with Gasteiger partial charge >= 0.3 is 0 Å². The zero-order valence-electron chi connectivity index (χ0n) is 9.88. The van der Waals surface area contributed by atoms with E-state index in [9.17, 15) is 4.39 Å². The Hall–Kier alpha value is -1.35. The van der Waals surface area contributed by atoms with Crippen molar-refractivity contribution in [2.45, 2.75) is 32.2 Å². The van der Waals surface area contributed by atoms with Crippen LogP contribution in [-0.4, -0.2) is 11.1 Å². The van der Waals surface area contributed by atoms with Crippen molar-refractivity contribution in [2.75, 3.05) is 6.54 Å². The van der Waals surface area contributed by atoms with Crippen molar-refractivity contribution >= 4 is 10.9 Å². The maximum Gasteiger partial charge on any atom is 0.123 e. The molecule has 0 saturated heterocycles. The molecule has 2 N–H and O–H groups in total. The Morgan fingerprint density at radius 1 is 1.24 bits per heavy atom. The lowest BCUT2D eigenvalue weighted by atomic mass is 9.95. The van der Waals surface area contributed by atoms with Crippen LogP contribution < -0.4 is 5.73 Å². The molecule has 1 aliphatic rings. The van der Waals surface area contributed by atoms with Crippen molar-refractivity contribution < 1.29 is 4.39 Å². The fraction of sp³-hybridized carbons (Fsp3) is 0.429. The molecule has 17 heavy (non-hydrogen) atoms. The van der Waals surface area contributed by atoms with E-state index in [1.807, 2.05) is 6.07 Å². The molecule has 1 aromatic heterocycles. The number of aryl methyl sites for hydroxylation is 1. The number of aromatic nitrogens is 1. The summed E-state index contributed by atoms with van der Waals surface area (Å²) < 4.78 is 15.6. The Balaban J connectivity index is 2.29. The van der Waals surface area contributed by atoms with Crippen LogP contribution in [0.3, 0.4) is 0 Å². The fourth-order valence-electron chi connectivity index (χ4n) is 2.99. The average Bonchev–Trinajstić information content (AvgIpc) is 2.65. The molecule has 0 saturated carbocycles. The molecule has 0 unspecified atom stereocenters. The molecule has 1 aromatic carbocycles. The summed E-state index contributed by atoms with van der Waals surface area (Å²) in [5.74, 6) is -0.143. The van der Waals surface area contributed by atoms with Crippen LogP contribution in [0.15, 0.2) is 18.2 Å². The molecule has 0 fully saturated rings. The van der Waals surface area contributed by atoms with Gasteiger partial charge in [-0.15, -0.1) is 0 Å². The first-order valence-corrected chi connectivity index (χ1v) is 6.31. The molecule has 0 aliphatic heterocycles. The quantitative estimate of drug-likeness (QED) is 0.847. The number of hydrogen-bond donors (Lipinski definition) is 1. The molecule has 0 radical (unpaired) electrons. The van der Waals surface area contributed by atoms with Gasteiger partial charge in [-0.25, -0.2) is 4.39 Å². The molecule has 3 heteroatoms. The third-order valence-corrected chi connectivity index (χ3v) is 3.69. The second-order valence-electron chi connectivity index (χ2n) is 4.73. The van der Waals surface area contributed by atoms with Crippen LogP contribution in [0.1, 0.15) is 24.1 Å². The summed E-state index contributed by atoms with van der Waals surface area (Å²) in [4.78, 5) is 0. The van der Waals surface area contributed by atoms with Crippen LogP contribution in [-0.2, 0) is 19.4 Å². The molecule has 90 valence electrons. The minimum Gasteiger partial charge on any atom is -0.343 e. The van der Waals surface area contributed by atoms with Gasteiger partial charge in [0.2, 0.25) is 0 Å². The summed E-state index contributed by atoms with van der Waals surface area (Å²) in [6, 6.07) is 5.10. The summed E-state index contributed by atoms with van der Waals surface area (Å²) in [7, 11) is 0. The third kappa shape index (κ3) is 1.65. The maximum absolute atomic E-state index is 13.4. The van der Waals surface area contributed by atoms with Gasteiger partial charge in [0.25, 0.3) is 0 Å². The molecule has 1 heterocycles. The van der Waals surface area contributed by atoms with E-state index in [-0.39, 0.29) is 5.82 Å². The lowest BCUT2D eigenvalue weighted by Gasteiger charge is -2.15. The van der Waals surface area contributed by atoms with E-state index < -0.39 is 0 Å². The predicted molar refractivity (Wildman–Crippen MR) is 67.6 cm³/mol.